The zero-order valence-electron chi connectivity index (χ0n) is 20.1. The molecule has 7 rings (SSSR count). The van der Waals surface area contributed by atoms with Gasteiger partial charge in [0.2, 0.25) is 0 Å². The van der Waals surface area contributed by atoms with Crippen LogP contribution in [0.4, 0.5) is 0 Å². The van der Waals surface area contributed by atoms with E-state index in [2.05, 4.69) is 22.5 Å². The van der Waals surface area contributed by atoms with E-state index < -0.39 is 5.79 Å². The number of ether oxygens (including phenoxy) is 6. The highest BCUT2D eigenvalue weighted by molar-refractivity contribution is 9.11. The van der Waals surface area contributed by atoms with E-state index in [1.165, 1.54) is 0 Å². The standard InChI is InChI=1S/C27H33BrO8/c1-15(28)13-18(32-26(30)16-5-3-2-4-6-16)9-11-27-14-20-22(35-27)23-24(34-20)25(36-27)21-19(33-23)8-7-17(31-21)10-12-29/h2-6,17-25,29H,1,7-14H2/t17-,18-,19?,20?,21+,22?,23+,24-,25?,27+/m1/s1. The van der Waals surface area contributed by atoms with Gasteiger partial charge in [-0.2, -0.15) is 0 Å². The molecule has 6 aliphatic heterocycles. The lowest BCUT2D eigenvalue weighted by molar-refractivity contribution is -0.293. The van der Waals surface area contributed by atoms with Crippen molar-refractivity contribution in [1.82, 2.24) is 0 Å². The van der Waals surface area contributed by atoms with Crippen molar-refractivity contribution < 1.29 is 38.3 Å². The van der Waals surface area contributed by atoms with Crippen molar-refractivity contribution in [2.75, 3.05) is 6.61 Å². The number of hydrogen-bond acceptors (Lipinski definition) is 8. The van der Waals surface area contributed by atoms with Crippen LogP contribution in [0.1, 0.15) is 55.3 Å². The Kier molecular flexibility index (Phi) is 7.00. The molecule has 6 saturated heterocycles. The summed E-state index contributed by atoms with van der Waals surface area (Å²) in [5, 5.41) is 9.42. The third-order valence-corrected chi connectivity index (χ3v) is 8.38. The fourth-order valence-electron chi connectivity index (χ4n) is 6.46. The van der Waals surface area contributed by atoms with Gasteiger partial charge in [-0.1, -0.05) is 40.7 Å². The summed E-state index contributed by atoms with van der Waals surface area (Å²) < 4.78 is 39.2. The van der Waals surface area contributed by atoms with Gasteiger partial charge in [0, 0.05) is 25.9 Å². The summed E-state index contributed by atoms with van der Waals surface area (Å²) in [6.07, 6.45) is 2.84. The van der Waals surface area contributed by atoms with Crippen molar-refractivity contribution >= 4 is 21.9 Å². The van der Waals surface area contributed by atoms with Gasteiger partial charge in [0.05, 0.1) is 23.9 Å². The maximum absolute atomic E-state index is 12.7. The number of carbonyl (C=O) groups excluding carboxylic acids is 1. The largest absolute Gasteiger partial charge is 0.458 e. The highest BCUT2D eigenvalue weighted by atomic mass is 79.9. The van der Waals surface area contributed by atoms with Gasteiger partial charge < -0.3 is 33.5 Å². The monoisotopic (exact) mass is 564 g/mol. The van der Waals surface area contributed by atoms with Crippen LogP contribution in [0.25, 0.3) is 0 Å². The Bertz CT molecular complexity index is 974. The van der Waals surface area contributed by atoms with E-state index in [-0.39, 0.29) is 67.5 Å². The number of halogens is 1. The Balaban J connectivity index is 1.18. The summed E-state index contributed by atoms with van der Waals surface area (Å²) in [5.41, 5.74) is 0.516. The predicted molar refractivity (Wildman–Crippen MR) is 132 cm³/mol. The van der Waals surface area contributed by atoms with E-state index in [1.54, 1.807) is 12.1 Å². The molecule has 1 aromatic carbocycles. The molecule has 196 valence electrons. The first-order valence-electron chi connectivity index (χ1n) is 13.0. The van der Waals surface area contributed by atoms with E-state index in [0.717, 1.165) is 17.3 Å². The quantitative estimate of drug-likeness (QED) is 0.454. The van der Waals surface area contributed by atoms with Crippen molar-refractivity contribution in [2.45, 2.75) is 106 Å². The fourth-order valence-corrected chi connectivity index (χ4v) is 6.82. The topological polar surface area (TPSA) is 92.7 Å². The van der Waals surface area contributed by atoms with Crippen molar-refractivity contribution in [3.63, 3.8) is 0 Å². The summed E-state index contributed by atoms with van der Waals surface area (Å²) in [4.78, 5) is 12.7. The van der Waals surface area contributed by atoms with Crippen LogP contribution >= 0.6 is 15.9 Å². The second kappa shape index (κ2) is 10.1. The molecule has 0 aliphatic carbocycles. The van der Waals surface area contributed by atoms with Crippen LogP contribution in [0, 0.1) is 0 Å². The number of esters is 1. The zero-order valence-corrected chi connectivity index (χ0v) is 21.7. The van der Waals surface area contributed by atoms with E-state index in [1.807, 2.05) is 18.2 Å². The SMILES string of the molecule is C=C(Br)C[C@@H](CC[C@@]12CC3O[C@H]4C(O1)[C@H]1O[C@@H](CCO)CCC1O[C@H]4C3O2)OC(=O)c1ccccc1. The molecule has 0 amide bonds. The molecule has 10 atom stereocenters. The molecule has 4 unspecified atom stereocenters. The van der Waals surface area contributed by atoms with Crippen LogP contribution in [-0.2, 0) is 28.4 Å². The molecule has 9 heteroatoms. The van der Waals surface area contributed by atoms with Gasteiger partial charge in [-0.15, -0.1) is 0 Å². The summed E-state index contributed by atoms with van der Waals surface area (Å²) in [5.74, 6) is -1.21. The van der Waals surface area contributed by atoms with Crippen molar-refractivity contribution in [3.05, 3.63) is 47.0 Å². The van der Waals surface area contributed by atoms with E-state index in [4.69, 9.17) is 28.4 Å². The van der Waals surface area contributed by atoms with E-state index in [0.29, 0.717) is 37.7 Å². The van der Waals surface area contributed by atoms with Crippen LogP contribution in [0.2, 0.25) is 0 Å². The molecule has 6 heterocycles. The molecule has 0 saturated carbocycles. The van der Waals surface area contributed by atoms with Crippen LogP contribution in [0.5, 0.6) is 0 Å². The molecule has 1 aromatic rings. The number of aliphatic hydroxyl groups excluding tert-OH is 1. The van der Waals surface area contributed by atoms with Gasteiger partial charge in [0.25, 0.3) is 0 Å². The number of carbonyl (C=O) groups is 1. The molecule has 0 radical (unpaired) electrons. The lowest BCUT2D eigenvalue weighted by Crippen LogP contribution is -2.61. The fraction of sp³-hybridized carbons (Fsp3) is 0.667. The Morgan fingerprint density at radius 2 is 1.81 bits per heavy atom. The Morgan fingerprint density at radius 1 is 1.06 bits per heavy atom. The Morgan fingerprint density at radius 3 is 2.58 bits per heavy atom. The van der Waals surface area contributed by atoms with Crippen LogP contribution in [-0.4, -0.2) is 78.4 Å². The zero-order chi connectivity index (χ0) is 24.9. The van der Waals surface area contributed by atoms with Crippen LogP contribution < -0.4 is 0 Å². The number of hydrogen-bond donors (Lipinski definition) is 1. The van der Waals surface area contributed by atoms with Crippen LogP contribution in [0.3, 0.4) is 0 Å². The van der Waals surface area contributed by atoms with Crippen molar-refractivity contribution in [2.24, 2.45) is 0 Å². The number of aliphatic hydroxyl groups is 1. The normalized spacial score (nSPS) is 40.9. The van der Waals surface area contributed by atoms with Gasteiger partial charge in [0.1, 0.15) is 36.6 Å². The second-order valence-electron chi connectivity index (χ2n) is 10.5. The molecule has 0 spiro atoms. The van der Waals surface area contributed by atoms with Crippen LogP contribution in [0.15, 0.2) is 41.4 Å². The third kappa shape index (κ3) is 4.68. The maximum Gasteiger partial charge on any atom is 0.338 e. The maximum atomic E-state index is 12.7. The molecular weight excluding hydrogens is 532 g/mol. The first kappa shape index (κ1) is 25.0. The van der Waals surface area contributed by atoms with Gasteiger partial charge in [-0.05, 0) is 42.3 Å². The summed E-state index contributed by atoms with van der Waals surface area (Å²) in [7, 11) is 0. The second-order valence-corrected chi connectivity index (χ2v) is 11.6. The highest BCUT2D eigenvalue weighted by Gasteiger charge is 2.68. The molecular formula is C27H33BrO8. The lowest BCUT2D eigenvalue weighted by Gasteiger charge is -2.47. The summed E-state index contributed by atoms with van der Waals surface area (Å²) in [6.45, 7) is 4.05. The minimum atomic E-state index is -0.847. The lowest BCUT2D eigenvalue weighted by atomic mass is 9.87. The van der Waals surface area contributed by atoms with Gasteiger partial charge in [-0.25, -0.2) is 4.79 Å². The summed E-state index contributed by atoms with van der Waals surface area (Å²) >= 11 is 3.43. The average molecular weight is 565 g/mol. The smallest absolute Gasteiger partial charge is 0.338 e. The molecule has 6 aliphatic rings. The minimum Gasteiger partial charge on any atom is -0.458 e. The third-order valence-electron chi connectivity index (χ3n) is 8.06. The average Bonchev–Trinajstić information content (AvgIpc) is 3.28. The number of rotatable bonds is 9. The molecule has 36 heavy (non-hydrogen) atoms. The van der Waals surface area contributed by atoms with E-state index in [9.17, 15) is 9.90 Å². The molecule has 1 N–H and O–H groups in total. The summed E-state index contributed by atoms with van der Waals surface area (Å²) in [6, 6.07) is 8.99. The predicted octanol–water partition coefficient (Wildman–Crippen LogP) is 3.64. The van der Waals surface area contributed by atoms with Crippen molar-refractivity contribution in [1.29, 1.82) is 0 Å². The highest BCUT2D eigenvalue weighted by Crippen LogP contribution is 2.54. The molecule has 0 aromatic heterocycles. The first-order valence-corrected chi connectivity index (χ1v) is 13.8. The molecule has 6 bridgehead atoms. The Labute approximate surface area is 219 Å². The van der Waals surface area contributed by atoms with Gasteiger partial charge in [-0.3, -0.25) is 0 Å². The number of fused-ring (bicyclic) bond motifs is 1. The first-order chi connectivity index (χ1) is 17.4. The van der Waals surface area contributed by atoms with E-state index >= 15 is 0 Å². The molecule has 8 nitrogen and oxygen atoms in total. The van der Waals surface area contributed by atoms with Gasteiger partial charge >= 0.3 is 5.97 Å². The van der Waals surface area contributed by atoms with Gasteiger partial charge in [0.15, 0.2) is 5.79 Å². The Hall–Kier alpha value is -1.33. The number of benzene rings is 1. The minimum absolute atomic E-state index is 0.0148. The van der Waals surface area contributed by atoms with Crippen molar-refractivity contribution in [3.8, 4) is 0 Å². The molecule has 6 fully saturated rings.